The second-order valence-electron chi connectivity index (χ2n) is 8.05. The number of likely N-dealkylation sites (tertiary alicyclic amines) is 1. The van der Waals surface area contributed by atoms with Gasteiger partial charge in [-0.05, 0) is 56.0 Å². The molecular weight excluding hydrogens is 332 g/mol. The van der Waals surface area contributed by atoms with Gasteiger partial charge in [-0.25, -0.2) is 0 Å². The first-order valence-corrected chi connectivity index (χ1v) is 10.2. The standard InChI is InChI=1S/C24H30N2O/c1-17(19-8-4-3-5-9-19)23(27)16-26-14-12-20(13-15-26)24-18(2)25-22-11-7-6-10-21(22)24/h3-11,17,20,23,25,27H,12-16H2,1-2H3. The highest BCUT2D eigenvalue weighted by Gasteiger charge is 2.27. The fraction of sp³-hybridized carbons (Fsp3) is 0.417. The summed E-state index contributed by atoms with van der Waals surface area (Å²) in [7, 11) is 0. The third-order valence-corrected chi connectivity index (χ3v) is 6.29. The molecule has 0 amide bonds. The van der Waals surface area contributed by atoms with E-state index >= 15 is 0 Å². The largest absolute Gasteiger partial charge is 0.391 e. The summed E-state index contributed by atoms with van der Waals surface area (Å²) in [5.74, 6) is 0.779. The fourth-order valence-corrected chi connectivity index (χ4v) is 4.63. The van der Waals surface area contributed by atoms with Crippen molar-refractivity contribution in [3.8, 4) is 0 Å². The van der Waals surface area contributed by atoms with Crippen LogP contribution in [0.1, 0.15) is 48.4 Å². The maximum Gasteiger partial charge on any atom is 0.0732 e. The monoisotopic (exact) mass is 362 g/mol. The zero-order chi connectivity index (χ0) is 18.8. The van der Waals surface area contributed by atoms with Crippen LogP contribution >= 0.6 is 0 Å². The molecule has 3 aromatic rings. The second kappa shape index (κ2) is 7.87. The van der Waals surface area contributed by atoms with Crippen LogP contribution < -0.4 is 0 Å². The van der Waals surface area contributed by atoms with Crippen molar-refractivity contribution < 1.29 is 5.11 Å². The van der Waals surface area contributed by atoms with Crippen LogP contribution in [0.25, 0.3) is 10.9 Å². The first-order chi connectivity index (χ1) is 13.1. The molecule has 0 bridgehead atoms. The molecule has 0 spiro atoms. The normalized spacial score (nSPS) is 18.6. The van der Waals surface area contributed by atoms with Crippen molar-refractivity contribution in [2.45, 2.75) is 44.6 Å². The number of aryl methyl sites for hydroxylation is 1. The van der Waals surface area contributed by atoms with E-state index < -0.39 is 0 Å². The summed E-state index contributed by atoms with van der Waals surface area (Å²) in [6, 6.07) is 19.0. The van der Waals surface area contributed by atoms with Crippen LogP contribution in [0, 0.1) is 6.92 Å². The molecular formula is C24H30N2O. The van der Waals surface area contributed by atoms with Crippen molar-refractivity contribution in [1.82, 2.24) is 9.88 Å². The predicted molar refractivity (Wildman–Crippen MR) is 112 cm³/mol. The van der Waals surface area contributed by atoms with E-state index in [0.29, 0.717) is 5.92 Å². The van der Waals surface area contributed by atoms with Gasteiger partial charge in [0, 0.05) is 29.1 Å². The van der Waals surface area contributed by atoms with Crippen molar-refractivity contribution in [2.75, 3.05) is 19.6 Å². The van der Waals surface area contributed by atoms with Crippen molar-refractivity contribution in [1.29, 1.82) is 0 Å². The Kier molecular flexibility index (Phi) is 5.33. The summed E-state index contributed by atoms with van der Waals surface area (Å²) in [6.45, 7) is 7.20. The molecule has 1 aromatic heterocycles. The van der Waals surface area contributed by atoms with Gasteiger partial charge < -0.3 is 15.0 Å². The number of aliphatic hydroxyl groups is 1. The summed E-state index contributed by atoms with van der Waals surface area (Å²) in [4.78, 5) is 5.98. The fourth-order valence-electron chi connectivity index (χ4n) is 4.63. The highest BCUT2D eigenvalue weighted by molar-refractivity contribution is 5.85. The first kappa shape index (κ1) is 18.3. The number of piperidine rings is 1. The summed E-state index contributed by atoms with van der Waals surface area (Å²) in [5.41, 5.74) is 5.28. The number of β-amino-alcohol motifs (C(OH)–C–C–N with tert-alkyl or cyclic N) is 1. The van der Waals surface area contributed by atoms with Gasteiger partial charge in [0.25, 0.3) is 0 Å². The summed E-state index contributed by atoms with van der Waals surface area (Å²) < 4.78 is 0. The number of H-pyrrole nitrogens is 1. The molecule has 1 aliphatic heterocycles. The van der Waals surface area contributed by atoms with Crippen molar-refractivity contribution in [3.05, 3.63) is 71.4 Å². The molecule has 3 heteroatoms. The number of para-hydroxylation sites is 1. The lowest BCUT2D eigenvalue weighted by atomic mass is 9.87. The number of nitrogens with one attached hydrogen (secondary N) is 1. The quantitative estimate of drug-likeness (QED) is 0.683. The van der Waals surface area contributed by atoms with Crippen LogP contribution in [0.4, 0.5) is 0 Å². The molecule has 0 aliphatic carbocycles. The zero-order valence-corrected chi connectivity index (χ0v) is 16.4. The van der Waals surface area contributed by atoms with Crippen LogP contribution in [0.2, 0.25) is 0 Å². The Labute approximate surface area is 162 Å². The Morgan fingerprint density at radius 1 is 1.04 bits per heavy atom. The molecule has 0 radical (unpaired) electrons. The Balaban J connectivity index is 1.38. The minimum atomic E-state index is -0.321. The second-order valence-corrected chi connectivity index (χ2v) is 8.05. The van der Waals surface area contributed by atoms with Crippen molar-refractivity contribution in [2.24, 2.45) is 0 Å². The number of benzene rings is 2. The molecule has 0 saturated carbocycles. The molecule has 4 rings (SSSR count). The molecule has 142 valence electrons. The lowest BCUT2D eigenvalue weighted by Gasteiger charge is -2.34. The van der Waals surface area contributed by atoms with E-state index in [1.807, 2.05) is 18.2 Å². The summed E-state index contributed by atoms with van der Waals surface area (Å²) >= 11 is 0. The molecule has 2 heterocycles. The van der Waals surface area contributed by atoms with Gasteiger partial charge in [-0.15, -0.1) is 0 Å². The van der Waals surface area contributed by atoms with Gasteiger partial charge in [-0.2, -0.15) is 0 Å². The first-order valence-electron chi connectivity index (χ1n) is 10.2. The zero-order valence-electron chi connectivity index (χ0n) is 16.4. The van der Waals surface area contributed by atoms with E-state index in [1.165, 1.54) is 27.7 Å². The van der Waals surface area contributed by atoms with E-state index in [4.69, 9.17) is 0 Å². The van der Waals surface area contributed by atoms with E-state index in [0.717, 1.165) is 32.5 Å². The average Bonchev–Trinajstić information content (AvgIpc) is 3.04. The molecule has 2 atom stereocenters. The van der Waals surface area contributed by atoms with Gasteiger partial charge in [0.1, 0.15) is 0 Å². The van der Waals surface area contributed by atoms with Crippen molar-refractivity contribution in [3.63, 3.8) is 0 Å². The predicted octanol–water partition coefficient (Wildman–Crippen LogP) is 4.82. The summed E-state index contributed by atoms with van der Waals surface area (Å²) in [6.07, 6.45) is 2.00. The van der Waals surface area contributed by atoms with E-state index in [9.17, 15) is 5.11 Å². The molecule has 2 unspecified atom stereocenters. The smallest absolute Gasteiger partial charge is 0.0732 e. The van der Waals surface area contributed by atoms with Crippen LogP contribution in [0.5, 0.6) is 0 Å². The number of hydrogen-bond acceptors (Lipinski definition) is 2. The highest BCUT2D eigenvalue weighted by Crippen LogP contribution is 2.35. The lowest BCUT2D eigenvalue weighted by molar-refractivity contribution is 0.0814. The van der Waals surface area contributed by atoms with Gasteiger partial charge in [-0.3, -0.25) is 0 Å². The van der Waals surface area contributed by atoms with Gasteiger partial charge >= 0.3 is 0 Å². The van der Waals surface area contributed by atoms with Gasteiger partial charge in [0.05, 0.1) is 6.10 Å². The number of nitrogens with zero attached hydrogens (tertiary/aromatic N) is 1. The molecule has 1 fully saturated rings. The number of aliphatic hydroxyl groups excluding tert-OH is 1. The maximum atomic E-state index is 10.7. The topological polar surface area (TPSA) is 39.3 Å². The third-order valence-electron chi connectivity index (χ3n) is 6.29. The van der Waals surface area contributed by atoms with Crippen LogP contribution in [-0.2, 0) is 0 Å². The highest BCUT2D eigenvalue weighted by atomic mass is 16.3. The Hall–Kier alpha value is -2.10. The number of fused-ring (bicyclic) bond motifs is 1. The minimum Gasteiger partial charge on any atom is -0.391 e. The SMILES string of the molecule is Cc1[nH]c2ccccc2c1C1CCN(CC(O)C(C)c2ccccc2)CC1. The number of hydrogen-bond donors (Lipinski definition) is 2. The van der Waals surface area contributed by atoms with Crippen LogP contribution in [0.15, 0.2) is 54.6 Å². The third kappa shape index (κ3) is 3.80. The molecule has 1 aliphatic rings. The number of aromatic nitrogens is 1. The molecule has 2 N–H and O–H groups in total. The Bertz CT molecular complexity index is 878. The van der Waals surface area contributed by atoms with Crippen LogP contribution in [0.3, 0.4) is 0 Å². The van der Waals surface area contributed by atoms with Gasteiger partial charge in [0.2, 0.25) is 0 Å². The van der Waals surface area contributed by atoms with Gasteiger partial charge in [0.15, 0.2) is 0 Å². The molecule has 27 heavy (non-hydrogen) atoms. The molecule has 1 saturated heterocycles. The lowest BCUT2D eigenvalue weighted by Crippen LogP contribution is -2.40. The Morgan fingerprint density at radius 2 is 1.70 bits per heavy atom. The molecule has 3 nitrogen and oxygen atoms in total. The Morgan fingerprint density at radius 3 is 2.44 bits per heavy atom. The number of rotatable bonds is 5. The van der Waals surface area contributed by atoms with Crippen molar-refractivity contribution >= 4 is 10.9 Å². The molecule has 2 aromatic carbocycles. The maximum absolute atomic E-state index is 10.7. The number of aromatic amines is 1. The van der Waals surface area contributed by atoms with E-state index in [2.05, 4.69) is 60.1 Å². The summed E-state index contributed by atoms with van der Waals surface area (Å²) in [5, 5.41) is 12.1. The van der Waals surface area contributed by atoms with Crippen LogP contribution in [-0.4, -0.2) is 40.7 Å². The van der Waals surface area contributed by atoms with E-state index in [-0.39, 0.29) is 12.0 Å². The van der Waals surface area contributed by atoms with E-state index in [1.54, 1.807) is 0 Å². The van der Waals surface area contributed by atoms with Gasteiger partial charge in [-0.1, -0.05) is 55.5 Å². The minimum absolute atomic E-state index is 0.166. The average molecular weight is 363 g/mol.